The molecule has 1 fully saturated rings. The molecule has 1 aromatic carbocycles. The Bertz CT molecular complexity index is 922. The smallest absolute Gasteiger partial charge is 0.410 e. The molecule has 3 rings (SSSR count). The predicted molar refractivity (Wildman–Crippen MR) is 127 cm³/mol. The highest BCUT2D eigenvalue weighted by Gasteiger charge is 2.27. The SMILES string of the molecule is CC(C)(C)OC(=O)N1CCC(COc2ccc(C3=CCC(C(=O)NCC(F)F)CC3)cc2F)CC1. The van der Waals surface area contributed by atoms with E-state index in [4.69, 9.17) is 9.47 Å². The second-order valence-electron chi connectivity index (χ2n) is 10.2. The van der Waals surface area contributed by atoms with E-state index in [0.717, 1.165) is 24.0 Å². The predicted octanol–water partition coefficient (Wildman–Crippen LogP) is 5.42. The Balaban J connectivity index is 1.46. The molecule has 1 atom stereocenters. The van der Waals surface area contributed by atoms with Crippen LogP contribution in [0.5, 0.6) is 5.75 Å². The van der Waals surface area contributed by atoms with E-state index in [1.807, 2.05) is 26.8 Å². The standard InChI is InChI=1S/C26H35F3N2O4/c1-26(2,3)35-25(33)31-12-10-17(11-13-31)16-34-22-9-8-20(14-21(22)27)18-4-6-19(7-5-18)24(32)30-15-23(28)29/h4,8-9,14,17,19,23H,5-7,10-13,15-16H2,1-3H3,(H,30,32). The lowest BCUT2D eigenvalue weighted by atomic mass is 9.86. The van der Waals surface area contributed by atoms with Crippen LogP contribution in [0.25, 0.3) is 5.57 Å². The molecule has 0 aromatic heterocycles. The molecule has 35 heavy (non-hydrogen) atoms. The number of piperidine rings is 1. The van der Waals surface area contributed by atoms with Gasteiger partial charge in [0.05, 0.1) is 13.2 Å². The molecular formula is C26H35F3N2O4. The first-order valence-corrected chi connectivity index (χ1v) is 12.2. The van der Waals surface area contributed by atoms with Gasteiger partial charge in [-0.3, -0.25) is 4.79 Å². The topological polar surface area (TPSA) is 67.9 Å². The van der Waals surface area contributed by atoms with E-state index in [0.29, 0.717) is 39.0 Å². The van der Waals surface area contributed by atoms with Crippen LogP contribution in [0.1, 0.15) is 58.4 Å². The zero-order valence-electron chi connectivity index (χ0n) is 20.6. The normalized spacial score (nSPS) is 19.3. The number of hydrogen-bond donors (Lipinski definition) is 1. The number of ether oxygens (including phenoxy) is 2. The van der Waals surface area contributed by atoms with Crippen LogP contribution in [0.4, 0.5) is 18.0 Å². The molecule has 0 bridgehead atoms. The van der Waals surface area contributed by atoms with E-state index in [1.165, 1.54) is 6.07 Å². The minimum absolute atomic E-state index is 0.184. The van der Waals surface area contributed by atoms with Crippen molar-refractivity contribution in [2.45, 2.75) is 64.9 Å². The van der Waals surface area contributed by atoms with Crippen molar-refractivity contribution in [2.75, 3.05) is 26.2 Å². The van der Waals surface area contributed by atoms with E-state index >= 15 is 0 Å². The number of rotatable bonds is 7. The molecule has 1 aromatic rings. The van der Waals surface area contributed by atoms with Gasteiger partial charge in [0.1, 0.15) is 5.60 Å². The van der Waals surface area contributed by atoms with Crippen LogP contribution in [0.3, 0.4) is 0 Å². The quantitative estimate of drug-likeness (QED) is 0.548. The lowest BCUT2D eigenvalue weighted by molar-refractivity contribution is -0.125. The van der Waals surface area contributed by atoms with Crippen LogP contribution in [0.2, 0.25) is 0 Å². The van der Waals surface area contributed by atoms with Crippen LogP contribution in [0.15, 0.2) is 24.3 Å². The van der Waals surface area contributed by atoms with Gasteiger partial charge in [0, 0.05) is 19.0 Å². The minimum Gasteiger partial charge on any atom is -0.490 e. The molecule has 1 saturated heterocycles. The van der Waals surface area contributed by atoms with Crippen LogP contribution in [0, 0.1) is 17.7 Å². The van der Waals surface area contributed by atoms with Gasteiger partial charge in [0.2, 0.25) is 5.91 Å². The number of nitrogens with zero attached hydrogens (tertiary/aromatic N) is 1. The molecule has 0 radical (unpaired) electrons. The number of nitrogens with one attached hydrogen (secondary N) is 1. The number of carbonyl (C=O) groups is 2. The van der Waals surface area contributed by atoms with Crippen LogP contribution < -0.4 is 10.1 Å². The third kappa shape index (κ3) is 8.18. The number of halogens is 3. The van der Waals surface area contributed by atoms with E-state index in [-0.39, 0.29) is 29.6 Å². The molecule has 0 spiro atoms. The Morgan fingerprint density at radius 2 is 1.89 bits per heavy atom. The number of carbonyl (C=O) groups excluding carboxylic acids is 2. The van der Waals surface area contributed by atoms with Gasteiger partial charge in [-0.2, -0.15) is 0 Å². The van der Waals surface area contributed by atoms with Gasteiger partial charge in [0.15, 0.2) is 11.6 Å². The number of alkyl halides is 2. The molecule has 1 aliphatic heterocycles. The van der Waals surface area contributed by atoms with Gasteiger partial charge >= 0.3 is 6.09 Å². The molecule has 0 saturated carbocycles. The first-order valence-electron chi connectivity index (χ1n) is 12.2. The fourth-order valence-corrected chi connectivity index (χ4v) is 4.29. The van der Waals surface area contributed by atoms with Crippen molar-refractivity contribution >= 4 is 17.6 Å². The second kappa shape index (κ2) is 11.8. The number of hydrogen-bond acceptors (Lipinski definition) is 4. The number of likely N-dealkylation sites (tertiary alicyclic amines) is 1. The zero-order chi connectivity index (χ0) is 25.6. The van der Waals surface area contributed by atoms with E-state index < -0.39 is 24.4 Å². The molecule has 1 N–H and O–H groups in total. The Morgan fingerprint density at radius 1 is 1.17 bits per heavy atom. The highest BCUT2D eigenvalue weighted by Crippen LogP contribution is 2.32. The van der Waals surface area contributed by atoms with Gasteiger partial charge in [-0.1, -0.05) is 12.1 Å². The van der Waals surface area contributed by atoms with Gasteiger partial charge in [0.25, 0.3) is 6.43 Å². The number of allylic oxidation sites excluding steroid dienone is 2. The van der Waals surface area contributed by atoms with Crippen molar-refractivity contribution in [1.29, 1.82) is 0 Å². The summed E-state index contributed by atoms with van der Waals surface area (Å²) in [6.07, 6.45) is 2.06. The summed E-state index contributed by atoms with van der Waals surface area (Å²) in [6, 6.07) is 4.85. The molecule has 2 amide bonds. The van der Waals surface area contributed by atoms with E-state index in [9.17, 15) is 22.8 Å². The van der Waals surface area contributed by atoms with Crippen molar-refractivity contribution in [1.82, 2.24) is 10.2 Å². The largest absolute Gasteiger partial charge is 0.490 e. The van der Waals surface area contributed by atoms with Crippen LogP contribution >= 0.6 is 0 Å². The summed E-state index contributed by atoms with van der Waals surface area (Å²) in [7, 11) is 0. The maximum absolute atomic E-state index is 14.7. The lowest BCUT2D eigenvalue weighted by Crippen LogP contribution is -2.42. The highest BCUT2D eigenvalue weighted by atomic mass is 19.3. The summed E-state index contributed by atoms with van der Waals surface area (Å²) in [5.41, 5.74) is 1.14. The summed E-state index contributed by atoms with van der Waals surface area (Å²) in [5, 5.41) is 2.26. The van der Waals surface area contributed by atoms with Crippen LogP contribution in [-0.4, -0.2) is 55.2 Å². The summed E-state index contributed by atoms with van der Waals surface area (Å²) in [4.78, 5) is 25.9. The fraction of sp³-hybridized carbons (Fsp3) is 0.615. The highest BCUT2D eigenvalue weighted by molar-refractivity contribution is 5.80. The molecule has 6 nitrogen and oxygen atoms in total. The molecule has 1 heterocycles. The Kier molecular flexibility index (Phi) is 9.08. The molecule has 9 heteroatoms. The summed E-state index contributed by atoms with van der Waals surface area (Å²) in [6.45, 7) is 6.42. The molecule has 194 valence electrons. The summed E-state index contributed by atoms with van der Waals surface area (Å²) >= 11 is 0. The first kappa shape index (κ1) is 26.9. The summed E-state index contributed by atoms with van der Waals surface area (Å²) in [5.74, 6) is -0.753. The van der Waals surface area contributed by atoms with Crippen molar-refractivity contribution in [3.8, 4) is 5.75 Å². The Labute approximate surface area is 204 Å². The van der Waals surface area contributed by atoms with Crippen molar-refractivity contribution in [3.63, 3.8) is 0 Å². The van der Waals surface area contributed by atoms with E-state index in [1.54, 1.807) is 17.0 Å². The molecule has 2 aliphatic rings. The van der Waals surface area contributed by atoms with Gasteiger partial charge in [-0.15, -0.1) is 0 Å². The zero-order valence-corrected chi connectivity index (χ0v) is 20.6. The van der Waals surface area contributed by atoms with Crippen molar-refractivity contribution in [2.24, 2.45) is 11.8 Å². The molecule has 1 unspecified atom stereocenters. The van der Waals surface area contributed by atoms with Crippen molar-refractivity contribution in [3.05, 3.63) is 35.7 Å². The maximum Gasteiger partial charge on any atom is 0.410 e. The van der Waals surface area contributed by atoms with E-state index in [2.05, 4.69) is 5.32 Å². The first-order chi connectivity index (χ1) is 16.5. The maximum atomic E-state index is 14.7. The Hall–Kier alpha value is -2.71. The van der Waals surface area contributed by atoms with Gasteiger partial charge < -0.3 is 19.7 Å². The number of benzene rings is 1. The third-order valence-corrected chi connectivity index (χ3v) is 6.26. The van der Waals surface area contributed by atoms with Crippen LogP contribution in [-0.2, 0) is 9.53 Å². The average molecular weight is 497 g/mol. The average Bonchev–Trinajstić information content (AvgIpc) is 2.81. The lowest BCUT2D eigenvalue weighted by Gasteiger charge is -2.33. The van der Waals surface area contributed by atoms with Gasteiger partial charge in [-0.05, 0) is 82.1 Å². The Morgan fingerprint density at radius 3 is 2.46 bits per heavy atom. The fourth-order valence-electron chi connectivity index (χ4n) is 4.29. The number of amides is 2. The molecular weight excluding hydrogens is 461 g/mol. The molecule has 1 aliphatic carbocycles. The van der Waals surface area contributed by atoms with Gasteiger partial charge in [-0.25, -0.2) is 18.0 Å². The summed E-state index contributed by atoms with van der Waals surface area (Å²) < 4.78 is 50.4. The van der Waals surface area contributed by atoms with Crippen molar-refractivity contribution < 1.29 is 32.2 Å². The monoisotopic (exact) mass is 496 g/mol. The second-order valence-corrected chi connectivity index (χ2v) is 10.2. The minimum atomic E-state index is -2.57. The third-order valence-electron chi connectivity index (χ3n) is 6.26.